The minimum atomic E-state index is -1.36. The predicted octanol–water partition coefficient (Wildman–Crippen LogP) is 2.87. The fraction of sp³-hybridized carbons (Fsp3) is 0.647. The standard InChI is InChI=1S/C17H25NO3S/c1-11(2)13-7-6-12(3)9-17(13,21)16(20)18-10-14(19)15-5-4-8-22-15/h4-5,8,11-13,21H,6-7,9-10H2,1-3H3,(H,18,20)/t12?,13?,17-/m1/s1. The molecule has 1 amide bonds. The van der Waals surface area contributed by atoms with Gasteiger partial charge in [0.1, 0.15) is 5.60 Å². The topological polar surface area (TPSA) is 66.4 Å². The second-order valence-electron chi connectivity index (χ2n) is 6.74. The van der Waals surface area contributed by atoms with Gasteiger partial charge in [-0.3, -0.25) is 9.59 Å². The van der Waals surface area contributed by atoms with Gasteiger partial charge in [0.2, 0.25) is 0 Å². The lowest BCUT2D eigenvalue weighted by Gasteiger charge is -2.43. The summed E-state index contributed by atoms with van der Waals surface area (Å²) in [4.78, 5) is 25.2. The summed E-state index contributed by atoms with van der Waals surface area (Å²) in [5, 5.41) is 15.5. The van der Waals surface area contributed by atoms with Crippen LogP contribution in [0.4, 0.5) is 0 Å². The van der Waals surface area contributed by atoms with Gasteiger partial charge in [0, 0.05) is 0 Å². The van der Waals surface area contributed by atoms with Crippen molar-refractivity contribution in [3.05, 3.63) is 22.4 Å². The molecule has 0 aliphatic heterocycles. The highest BCUT2D eigenvalue weighted by Gasteiger charge is 2.48. The monoisotopic (exact) mass is 323 g/mol. The normalized spacial score (nSPS) is 28.6. The van der Waals surface area contributed by atoms with Crippen LogP contribution in [0.1, 0.15) is 49.7 Å². The zero-order chi connectivity index (χ0) is 16.3. The van der Waals surface area contributed by atoms with E-state index in [1.807, 2.05) is 25.3 Å². The van der Waals surface area contributed by atoms with Crippen LogP contribution in [0.3, 0.4) is 0 Å². The van der Waals surface area contributed by atoms with Gasteiger partial charge in [0.05, 0.1) is 11.4 Å². The number of thiophene rings is 1. The molecule has 22 heavy (non-hydrogen) atoms. The Balaban J connectivity index is 2.03. The maximum atomic E-state index is 12.5. The van der Waals surface area contributed by atoms with Crippen LogP contribution >= 0.6 is 11.3 Å². The van der Waals surface area contributed by atoms with E-state index >= 15 is 0 Å². The Morgan fingerprint density at radius 3 is 2.77 bits per heavy atom. The summed E-state index contributed by atoms with van der Waals surface area (Å²) in [6.45, 7) is 6.08. The summed E-state index contributed by atoms with van der Waals surface area (Å²) in [5.41, 5.74) is -1.36. The molecule has 0 bridgehead atoms. The van der Waals surface area contributed by atoms with Gasteiger partial charge in [-0.25, -0.2) is 0 Å². The first-order valence-corrected chi connectivity index (χ1v) is 8.80. The molecule has 0 radical (unpaired) electrons. The number of ketones is 1. The smallest absolute Gasteiger partial charge is 0.252 e. The first kappa shape index (κ1) is 17.2. The molecule has 0 saturated heterocycles. The second kappa shape index (κ2) is 6.92. The molecule has 2 unspecified atom stereocenters. The molecular formula is C17H25NO3S. The van der Waals surface area contributed by atoms with Crippen LogP contribution in [0.25, 0.3) is 0 Å². The Morgan fingerprint density at radius 1 is 1.45 bits per heavy atom. The number of hydrogen-bond donors (Lipinski definition) is 2. The number of rotatable bonds is 5. The molecular weight excluding hydrogens is 298 g/mol. The van der Waals surface area contributed by atoms with Crippen LogP contribution in [0, 0.1) is 17.8 Å². The van der Waals surface area contributed by atoms with Crippen molar-refractivity contribution in [1.82, 2.24) is 5.32 Å². The Labute approximate surface area is 135 Å². The van der Waals surface area contributed by atoms with E-state index in [-0.39, 0.29) is 24.2 Å². The van der Waals surface area contributed by atoms with Gasteiger partial charge in [-0.2, -0.15) is 0 Å². The van der Waals surface area contributed by atoms with Crippen LogP contribution < -0.4 is 5.32 Å². The first-order chi connectivity index (χ1) is 10.3. The molecule has 122 valence electrons. The van der Waals surface area contributed by atoms with Gasteiger partial charge in [-0.1, -0.05) is 33.3 Å². The molecule has 2 N–H and O–H groups in total. The van der Waals surface area contributed by atoms with E-state index in [9.17, 15) is 14.7 Å². The van der Waals surface area contributed by atoms with Crippen molar-refractivity contribution in [3.8, 4) is 0 Å². The van der Waals surface area contributed by atoms with Gasteiger partial charge in [-0.15, -0.1) is 11.3 Å². The van der Waals surface area contributed by atoms with Gasteiger partial charge in [-0.05, 0) is 42.0 Å². The molecule has 0 aromatic carbocycles. The van der Waals surface area contributed by atoms with Gasteiger partial charge in [0.15, 0.2) is 5.78 Å². The summed E-state index contributed by atoms with van der Waals surface area (Å²) in [6.07, 6.45) is 2.35. The van der Waals surface area contributed by atoms with Crippen molar-refractivity contribution in [2.24, 2.45) is 17.8 Å². The minimum absolute atomic E-state index is 0.0547. The van der Waals surface area contributed by atoms with E-state index < -0.39 is 11.5 Å². The zero-order valence-electron chi connectivity index (χ0n) is 13.5. The Hall–Kier alpha value is -1.20. The van der Waals surface area contributed by atoms with Crippen LogP contribution in [-0.2, 0) is 4.79 Å². The Kier molecular flexibility index (Phi) is 5.40. The Bertz CT molecular complexity index is 526. The van der Waals surface area contributed by atoms with E-state index in [2.05, 4.69) is 12.2 Å². The van der Waals surface area contributed by atoms with Crippen molar-refractivity contribution in [1.29, 1.82) is 0 Å². The largest absolute Gasteiger partial charge is 0.380 e. The quantitative estimate of drug-likeness (QED) is 0.819. The summed E-state index contributed by atoms with van der Waals surface area (Å²) in [7, 11) is 0. The van der Waals surface area contributed by atoms with Crippen LogP contribution in [-0.4, -0.2) is 28.9 Å². The van der Waals surface area contributed by atoms with E-state index in [4.69, 9.17) is 0 Å². The van der Waals surface area contributed by atoms with Crippen molar-refractivity contribution >= 4 is 23.0 Å². The average Bonchev–Trinajstić information content (AvgIpc) is 2.97. The molecule has 1 saturated carbocycles. The second-order valence-corrected chi connectivity index (χ2v) is 7.69. The van der Waals surface area contributed by atoms with E-state index in [1.54, 1.807) is 6.07 Å². The number of amides is 1. The predicted molar refractivity (Wildman–Crippen MR) is 88.0 cm³/mol. The van der Waals surface area contributed by atoms with Crippen LogP contribution in [0.2, 0.25) is 0 Å². The third kappa shape index (κ3) is 3.58. The molecule has 0 spiro atoms. The first-order valence-electron chi connectivity index (χ1n) is 7.92. The van der Waals surface area contributed by atoms with E-state index in [1.165, 1.54) is 11.3 Å². The molecule has 1 aromatic heterocycles. The number of hydrogen-bond acceptors (Lipinski definition) is 4. The molecule has 1 heterocycles. The van der Waals surface area contributed by atoms with Gasteiger partial charge < -0.3 is 10.4 Å². The molecule has 3 atom stereocenters. The summed E-state index contributed by atoms with van der Waals surface area (Å²) >= 11 is 1.36. The van der Waals surface area contributed by atoms with E-state index in [0.29, 0.717) is 17.2 Å². The van der Waals surface area contributed by atoms with Crippen molar-refractivity contribution < 1.29 is 14.7 Å². The SMILES string of the molecule is CC1CCC(C(C)C)[C@@](O)(C(=O)NCC(=O)c2cccs2)C1. The molecule has 4 nitrogen and oxygen atoms in total. The highest BCUT2D eigenvalue weighted by atomic mass is 32.1. The van der Waals surface area contributed by atoms with Crippen molar-refractivity contribution in [2.45, 2.75) is 45.6 Å². The number of carbonyl (C=O) groups excluding carboxylic acids is 2. The van der Waals surface area contributed by atoms with Crippen LogP contribution in [0.15, 0.2) is 17.5 Å². The lowest BCUT2D eigenvalue weighted by atomic mass is 9.66. The number of Topliss-reactive ketones (excluding diaryl/α,β-unsaturated/α-hetero) is 1. The molecule has 1 fully saturated rings. The summed E-state index contributed by atoms with van der Waals surface area (Å²) in [6, 6.07) is 3.55. The molecule has 5 heteroatoms. The summed E-state index contributed by atoms with van der Waals surface area (Å²) < 4.78 is 0. The van der Waals surface area contributed by atoms with Gasteiger partial charge >= 0.3 is 0 Å². The Morgan fingerprint density at radius 2 is 2.18 bits per heavy atom. The lowest BCUT2D eigenvalue weighted by molar-refractivity contribution is -0.155. The van der Waals surface area contributed by atoms with E-state index in [0.717, 1.165) is 12.8 Å². The number of carbonyl (C=O) groups is 2. The van der Waals surface area contributed by atoms with Crippen molar-refractivity contribution in [3.63, 3.8) is 0 Å². The highest BCUT2D eigenvalue weighted by Crippen LogP contribution is 2.41. The van der Waals surface area contributed by atoms with Crippen LogP contribution in [0.5, 0.6) is 0 Å². The molecule has 1 aromatic rings. The third-order valence-corrected chi connectivity index (χ3v) is 5.56. The van der Waals surface area contributed by atoms with Crippen molar-refractivity contribution in [2.75, 3.05) is 6.54 Å². The molecule has 2 rings (SSSR count). The number of nitrogens with one attached hydrogen (secondary N) is 1. The summed E-state index contributed by atoms with van der Waals surface area (Å²) in [5.74, 6) is -0.0184. The van der Waals surface area contributed by atoms with Gasteiger partial charge in [0.25, 0.3) is 5.91 Å². The maximum absolute atomic E-state index is 12.5. The average molecular weight is 323 g/mol. The lowest BCUT2D eigenvalue weighted by Crippen LogP contribution is -2.56. The highest BCUT2D eigenvalue weighted by molar-refractivity contribution is 7.12. The fourth-order valence-electron chi connectivity index (χ4n) is 3.47. The fourth-order valence-corrected chi connectivity index (χ4v) is 4.14. The zero-order valence-corrected chi connectivity index (χ0v) is 14.3. The molecule has 1 aliphatic rings. The minimum Gasteiger partial charge on any atom is -0.380 e. The third-order valence-electron chi connectivity index (χ3n) is 4.65. The number of aliphatic hydroxyl groups is 1. The maximum Gasteiger partial charge on any atom is 0.252 e. The molecule has 1 aliphatic carbocycles.